The Morgan fingerprint density at radius 2 is 1.77 bits per heavy atom. The minimum absolute atomic E-state index is 0.227. The Labute approximate surface area is 179 Å². The van der Waals surface area contributed by atoms with Crippen LogP contribution in [0.4, 0.5) is 14.9 Å². The summed E-state index contributed by atoms with van der Waals surface area (Å²) in [7, 11) is 0. The maximum absolute atomic E-state index is 13.3. The van der Waals surface area contributed by atoms with Crippen LogP contribution in [0, 0.1) is 5.82 Å². The Morgan fingerprint density at radius 1 is 1.00 bits per heavy atom. The van der Waals surface area contributed by atoms with Gasteiger partial charge in [0.2, 0.25) is 0 Å². The molecule has 1 aliphatic rings. The first kappa shape index (κ1) is 20.7. The summed E-state index contributed by atoms with van der Waals surface area (Å²) in [5, 5.41) is 8.77. The second kappa shape index (κ2) is 9.04. The van der Waals surface area contributed by atoms with Crippen LogP contribution in [0.15, 0.2) is 71.3 Å². The van der Waals surface area contributed by atoms with Gasteiger partial charge in [-0.25, -0.2) is 9.18 Å². The van der Waals surface area contributed by atoms with Gasteiger partial charge in [-0.15, -0.1) is 0 Å². The van der Waals surface area contributed by atoms with Crippen molar-refractivity contribution in [2.75, 3.05) is 5.32 Å². The Hall–Kier alpha value is -3.61. The number of amides is 3. The molecule has 0 bridgehead atoms. The molecule has 0 atom stereocenters. The number of furan rings is 1. The second-order valence-electron chi connectivity index (χ2n) is 7.74. The summed E-state index contributed by atoms with van der Waals surface area (Å²) in [6.07, 6.45) is 5.10. The Bertz CT molecular complexity index is 1040. The van der Waals surface area contributed by atoms with Crippen molar-refractivity contribution >= 4 is 17.6 Å². The third-order valence-electron chi connectivity index (χ3n) is 5.59. The van der Waals surface area contributed by atoms with Gasteiger partial charge >= 0.3 is 6.03 Å². The van der Waals surface area contributed by atoms with E-state index in [1.54, 1.807) is 36.4 Å². The number of hydrogen-bond acceptors (Lipinski definition) is 3. The summed E-state index contributed by atoms with van der Waals surface area (Å²) in [5.74, 6) is -0.402. The molecule has 31 heavy (non-hydrogen) atoms. The van der Waals surface area contributed by atoms with Gasteiger partial charge in [0.05, 0.1) is 11.8 Å². The number of urea groups is 1. The molecule has 1 fully saturated rings. The lowest BCUT2D eigenvalue weighted by Crippen LogP contribution is -2.48. The molecule has 1 aromatic heterocycles. The zero-order valence-corrected chi connectivity index (χ0v) is 17.0. The molecule has 0 spiro atoms. The number of benzene rings is 2. The minimum Gasteiger partial charge on any atom is -0.459 e. The van der Waals surface area contributed by atoms with Gasteiger partial charge in [-0.3, -0.25) is 4.79 Å². The highest BCUT2D eigenvalue weighted by Gasteiger charge is 2.37. The third kappa shape index (κ3) is 4.94. The second-order valence-corrected chi connectivity index (χ2v) is 7.74. The first-order chi connectivity index (χ1) is 15.0. The lowest BCUT2D eigenvalue weighted by Gasteiger charge is -2.31. The first-order valence-corrected chi connectivity index (χ1v) is 10.3. The molecule has 160 valence electrons. The van der Waals surface area contributed by atoms with Crippen molar-refractivity contribution in [3.8, 4) is 0 Å². The van der Waals surface area contributed by atoms with Gasteiger partial charge in [0.1, 0.15) is 5.82 Å². The van der Waals surface area contributed by atoms with E-state index in [2.05, 4.69) is 16.0 Å². The van der Waals surface area contributed by atoms with E-state index in [0.29, 0.717) is 12.2 Å². The molecule has 2 aromatic carbocycles. The smallest absolute Gasteiger partial charge is 0.315 e. The van der Waals surface area contributed by atoms with Gasteiger partial charge in [-0.05, 0) is 60.4 Å². The monoisotopic (exact) mass is 421 g/mol. The molecular weight excluding hydrogens is 397 g/mol. The van der Waals surface area contributed by atoms with E-state index in [0.717, 1.165) is 36.8 Å². The number of carbonyl (C=O) groups is 2. The molecule has 7 heteroatoms. The summed E-state index contributed by atoms with van der Waals surface area (Å²) in [6, 6.07) is 16.5. The molecule has 4 rings (SSSR count). The van der Waals surface area contributed by atoms with Gasteiger partial charge in [0.15, 0.2) is 5.76 Å². The van der Waals surface area contributed by atoms with E-state index in [1.807, 2.05) is 12.1 Å². The lowest BCUT2D eigenvalue weighted by molar-refractivity contribution is 0.0996. The molecular formula is C24H24FN3O3. The van der Waals surface area contributed by atoms with Crippen molar-refractivity contribution in [3.63, 3.8) is 0 Å². The highest BCUT2D eigenvalue weighted by molar-refractivity contribution is 6.02. The number of rotatable bonds is 6. The average Bonchev–Trinajstić information content (AvgIpc) is 3.46. The van der Waals surface area contributed by atoms with Crippen molar-refractivity contribution in [3.05, 3.63) is 89.6 Å². The van der Waals surface area contributed by atoms with Crippen LogP contribution in [0.5, 0.6) is 0 Å². The highest BCUT2D eigenvalue weighted by Crippen LogP contribution is 2.38. The van der Waals surface area contributed by atoms with Crippen LogP contribution in [0.1, 0.15) is 47.4 Å². The van der Waals surface area contributed by atoms with E-state index < -0.39 is 5.54 Å². The highest BCUT2D eigenvalue weighted by atomic mass is 19.1. The van der Waals surface area contributed by atoms with Crippen LogP contribution >= 0.6 is 0 Å². The summed E-state index contributed by atoms with van der Waals surface area (Å²) < 4.78 is 18.4. The number of nitrogens with one attached hydrogen (secondary N) is 3. The minimum atomic E-state index is -0.476. The normalized spacial score (nSPS) is 14.7. The maximum atomic E-state index is 13.3. The largest absolute Gasteiger partial charge is 0.459 e. The Balaban J connectivity index is 1.37. The number of carbonyl (C=O) groups excluding carboxylic acids is 2. The first-order valence-electron chi connectivity index (χ1n) is 10.3. The van der Waals surface area contributed by atoms with Gasteiger partial charge in [-0.2, -0.15) is 0 Å². The van der Waals surface area contributed by atoms with Crippen LogP contribution in [0.25, 0.3) is 0 Å². The van der Waals surface area contributed by atoms with Crippen molar-refractivity contribution in [1.82, 2.24) is 10.6 Å². The predicted molar refractivity (Wildman–Crippen MR) is 115 cm³/mol. The number of anilines is 1. The fourth-order valence-corrected chi connectivity index (χ4v) is 4.04. The van der Waals surface area contributed by atoms with Crippen LogP contribution in [-0.2, 0) is 12.1 Å². The molecule has 6 nitrogen and oxygen atoms in total. The Morgan fingerprint density at radius 3 is 2.48 bits per heavy atom. The molecule has 0 saturated heterocycles. The molecule has 3 N–H and O–H groups in total. The zero-order chi connectivity index (χ0) is 21.7. The van der Waals surface area contributed by atoms with E-state index >= 15 is 0 Å². The lowest BCUT2D eigenvalue weighted by atomic mass is 9.88. The van der Waals surface area contributed by atoms with E-state index in [9.17, 15) is 14.0 Å². The third-order valence-corrected chi connectivity index (χ3v) is 5.59. The SMILES string of the molecule is O=C(NCc1cccc(NC(=O)c2ccco2)c1)NC1(c2ccc(F)cc2)CCCC1. The molecule has 3 amide bonds. The Kier molecular flexibility index (Phi) is 6.02. The summed E-state index contributed by atoms with van der Waals surface area (Å²) >= 11 is 0. The standard InChI is InChI=1S/C24H24FN3O3/c25-19-10-8-18(9-11-19)24(12-1-2-13-24)28-23(30)26-16-17-5-3-6-20(15-17)27-22(29)21-7-4-14-31-21/h3-11,14-15H,1-2,12-13,16H2,(H,27,29)(H2,26,28,30). The van der Waals surface area contributed by atoms with Crippen molar-refractivity contribution in [1.29, 1.82) is 0 Å². The van der Waals surface area contributed by atoms with Gasteiger partial charge in [0.25, 0.3) is 5.91 Å². The van der Waals surface area contributed by atoms with Crippen molar-refractivity contribution in [2.24, 2.45) is 0 Å². The molecule has 3 aromatic rings. The topological polar surface area (TPSA) is 83.4 Å². The molecule has 0 radical (unpaired) electrons. The average molecular weight is 421 g/mol. The molecule has 1 heterocycles. The van der Waals surface area contributed by atoms with Gasteiger partial charge < -0.3 is 20.4 Å². The van der Waals surface area contributed by atoms with Crippen LogP contribution in [0.3, 0.4) is 0 Å². The van der Waals surface area contributed by atoms with E-state index in [4.69, 9.17) is 4.42 Å². The van der Waals surface area contributed by atoms with E-state index in [-0.39, 0.29) is 23.5 Å². The molecule has 1 aliphatic carbocycles. The zero-order valence-electron chi connectivity index (χ0n) is 17.0. The van der Waals surface area contributed by atoms with Crippen LogP contribution in [0.2, 0.25) is 0 Å². The predicted octanol–water partition coefficient (Wildman–Crippen LogP) is 4.94. The fourth-order valence-electron chi connectivity index (χ4n) is 4.04. The maximum Gasteiger partial charge on any atom is 0.315 e. The summed E-state index contributed by atoms with van der Waals surface area (Å²) in [5.41, 5.74) is 1.90. The quantitative estimate of drug-likeness (QED) is 0.527. The van der Waals surface area contributed by atoms with Crippen molar-refractivity contribution in [2.45, 2.75) is 37.8 Å². The summed E-state index contributed by atoms with van der Waals surface area (Å²) in [6.45, 7) is 0.301. The molecule has 0 aliphatic heterocycles. The number of hydrogen-bond donors (Lipinski definition) is 3. The number of halogens is 1. The van der Waals surface area contributed by atoms with Crippen LogP contribution < -0.4 is 16.0 Å². The molecule has 0 unspecified atom stereocenters. The van der Waals surface area contributed by atoms with Gasteiger partial charge in [-0.1, -0.05) is 37.1 Å². The van der Waals surface area contributed by atoms with Crippen LogP contribution in [-0.4, -0.2) is 11.9 Å². The van der Waals surface area contributed by atoms with E-state index in [1.165, 1.54) is 18.4 Å². The molecule has 1 saturated carbocycles. The van der Waals surface area contributed by atoms with Crippen molar-refractivity contribution < 1.29 is 18.4 Å². The summed E-state index contributed by atoms with van der Waals surface area (Å²) in [4.78, 5) is 24.8. The fraction of sp³-hybridized carbons (Fsp3) is 0.250. The van der Waals surface area contributed by atoms with Gasteiger partial charge in [0, 0.05) is 12.2 Å².